The van der Waals surface area contributed by atoms with Crippen LogP contribution in [0.4, 0.5) is 4.39 Å². The largest absolute Gasteiger partial charge is 0.491 e. The molecule has 1 heterocycles. The highest BCUT2D eigenvalue weighted by Crippen LogP contribution is 2.23. The van der Waals surface area contributed by atoms with Gasteiger partial charge in [0.15, 0.2) is 0 Å². The molecule has 1 aliphatic heterocycles. The molecule has 1 fully saturated rings. The van der Waals surface area contributed by atoms with E-state index in [0.29, 0.717) is 11.9 Å². The highest BCUT2D eigenvalue weighted by Gasteiger charge is 2.15. The zero-order chi connectivity index (χ0) is 12.1. The molecule has 1 aromatic rings. The molecule has 17 heavy (non-hydrogen) atoms. The van der Waals surface area contributed by atoms with Crippen molar-refractivity contribution < 1.29 is 13.9 Å². The Morgan fingerprint density at radius 1 is 1.41 bits per heavy atom. The van der Waals surface area contributed by atoms with Gasteiger partial charge in [-0.05, 0) is 37.5 Å². The van der Waals surface area contributed by atoms with E-state index in [2.05, 4.69) is 15.9 Å². The summed E-state index contributed by atoms with van der Waals surface area (Å²) >= 11 is 3.33. The van der Waals surface area contributed by atoms with Crippen LogP contribution < -0.4 is 4.74 Å². The molecule has 1 atom stereocenters. The Morgan fingerprint density at radius 3 is 3.00 bits per heavy atom. The molecular formula is C13H16BrFO2. The molecule has 1 aliphatic rings. The second-order valence-electron chi connectivity index (χ2n) is 4.19. The van der Waals surface area contributed by atoms with Gasteiger partial charge in [0.1, 0.15) is 18.2 Å². The quantitative estimate of drug-likeness (QED) is 0.790. The van der Waals surface area contributed by atoms with Crippen molar-refractivity contribution in [3.63, 3.8) is 0 Å². The molecule has 0 spiro atoms. The van der Waals surface area contributed by atoms with Crippen LogP contribution >= 0.6 is 15.9 Å². The third kappa shape index (κ3) is 3.68. The van der Waals surface area contributed by atoms with Crippen LogP contribution in [0.1, 0.15) is 24.8 Å². The molecule has 4 heteroatoms. The Hall–Kier alpha value is -0.610. The number of benzene rings is 1. The van der Waals surface area contributed by atoms with E-state index in [9.17, 15) is 4.39 Å². The van der Waals surface area contributed by atoms with E-state index in [1.54, 1.807) is 6.07 Å². The van der Waals surface area contributed by atoms with Gasteiger partial charge >= 0.3 is 0 Å². The zero-order valence-corrected chi connectivity index (χ0v) is 11.2. The van der Waals surface area contributed by atoms with Gasteiger partial charge in [0.2, 0.25) is 0 Å². The molecule has 0 amide bonds. The van der Waals surface area contributed by atoms with E-state index in [1.165, 1.54) is 18.6 Å². The summed E-state index contributed by atoms with van der Waals surface area (Å²) in [5.41, 5.74) is 0.834. The van der Waals surface area contributed by atoms with Crippen LogP contribution in [-0.4, -0.2) is 19.3 Å². The minimum atomic E-state index is -0.235. The van der Waals surface area contributed by atoms with Crippen molar-refractivity contribution in [3.05, 3.63) is 29.6 Å². The van der Waals surface area contributed by atoms with Crippen molar-refractivity contribution in [1.82, 2.24) is 0 Å². The Balaban J connectivity index is 1.93. The van der Waals surface area contributed by atoms with Gasteiger partial charge in [-0.25, -0.2) is 4.39 Å². The topological polar surface area (TPSA) is 18.5 Å². The minimum Gasteiger partial charge on any atom is -0.491 e. The van der Waals surface area contributed by atoms with Gasteiger partial charge in [0.25, 0.3) is 0 Å². The summed E-state index contributed by atoms with van der Waals surface area (Å²) in [6.45, 7) is 1.37. The number of rotatable bonds is 4. The lowest BCUT2D eigenvalue weighted by atomic mass is 10.1. The Kier molecular flexibility index (Phi) is 4.80. The lowest BCUT2D eigenvalue weighted by Gasteiger charge is -2.23. The summed E-state index contributed by atoms with van der Waals surface area (Å²) in [4.78, 5) is 0. The van der Waals surface area contributed by atoms with Crippen LogP contribution in [0.15, 0.2) is 18.2 Å². The Morgan fingerprint density at radius 2 is 2.29 bits per heavy atom. The van der Waals surface area contributed by atoms with Crippen molar-refractivity contribution in [3.8, 4) is 5.75 Å². The van der Waals surface area contributed by atoms with Gasteiger partial charge in [0.05, 0.1) is 6.10 Å². The fourth-order valence-electron chi connectivity index (χ4n) is 1.91. The number of hydrogen-bond donors (Lipinski definition) is 0. The van der Waals surface area contributed by atoms with E-state index in [4.69, 9.17) is 9.47 Å². The van der Waals surface area contributed by atoms with Crippen molar-refractivity contribution in [2.45, 2.75) is 30.7 Å². The van der Waals surface area contributed by atoms with E-state index in [0.717, 1.165) is 30.8 Å². The second-order valence-corrected chi connectivity index (χ2v) is 4.75. The molecule has 0 aliphatic carbocycles. The van der Waals surface area contributed by atoms with Gasteiger partial charge in [-0.2, -0.15) is 0 Å². The first-order chi connectivity index (χ1) is 8.29. The average molecular weight is 303 g/mol. The first kappa shape index (κ1) is 12.8. The summed E-state index contributed by atoms with van der Waals surface area (Å²) < 4.78 is 24.3. The van der Waals surface area contributed by atoms with Crippen molar-refractivity contribution in [1.29, 1.82) is 0 Å². The monoisotopic (exact) mass is 302 g/mol. The molecule has 0 bridgehead atoms. The van der Waals surface area contributed by atoms with E-state index < -0.39 is 0 Å². The maximum atomic E-state index is 13.0. The predicted molar refractivity (Wildman–Crippen MR) is 68.1 cm³/mol. The molecular weight excluding hydrogens is 287 g/mol. The van der Waals surface area contributed by atoms with Gasteiger partial charge < -0.3 is 9.47 Å². The normalized spacial score (nSPS) is 20.2. The lowest BCUT2D eigenvalue weighted by Crippen LogP contribution is -2.26. The molecule has 1 unspecified atom stereocenters. The van der Waals surface area contributed by atoms with E-state index >= 15 is 0 Å². The third-order valence-electron chi connectivity index (χ3n) is 2.87. The number of alkyl halides is 1. The smallest absolute Gasteiger partial charge is 0.123 e. The van der Waals surface area contributed by atoms with Crippen molar-refractivity contribution >= 4 is 15.9 Å². The first-order valence-electron chi connectivity index (χ1n) is 5.88. The molecule has 0 N–H and O–H groups in total. The molecule has 0 aromatic heterocycles. The second kappa shape index (κ2) is 6.36. The van der Waals surface area contributed by atoms with Gasteiger partial charge in [-0.1, -0.05) is 15.9 Å². The SMILES string of the molecule is Fc1ccc(OCC2CCCCO2)c(CBr)c1. The molecule has 2 nitrogen and oxygen atoms in total. The highest BCUT2D eigenvalue weighted by molar-refractivity contribution is 9.08. The fraction of sp³-hybridized carbons (Fsp3) is 0.538. The maximum Gasteiger partial charge on any atom is 0.123 e. The van der Waals surface area contributed by atoms with Crippen LogP contribution in [-0.2, 0) is 10.1 Å². The van der Waals surface area contributed by atoms with Gasteiger partial charge in [-0.3, -0.25) is 0 Å². The Labute approximate surface area is 109 Å². The summed E-state index contributed by atoms with van der Waals surface area (Å²) in [5, 5.41) is 0.589. The summed E-state index contributed by atoms with van der Waals surface area (Å²) in [6, 6.07) is 4.59. The standard InChI is InChI=1S/C13H16BrFO2/c14-8-10-7-11(15)4-5-13(10)17-9-12-3-1-2-6-16-12/h4-5,7,12H,1-3,6,8-9H2. The number of halogens is 2. The fourth-order valence-corrected chi connectivity index (χ4v) is 2.35. The minimum absolute atomic E-state index is 0.178. The van der Waals surface area contributed by atoms with Crippen LogP contribution in [0.2, 0.25) is 0 Å². The van der Waals surface area contributed by atoms with Crippen molar-refractivity contribution in [2.24, 2.45) is 0 Å². The molecule has 2 rings (SSSR count). The summed E-state index contributed by atoms with van der Waals surface area (Å²) in [6.07, 6.45) is 3.56. The van der Waals surface area contributed by atoms with Gasteiger partial charge in [-0.15, -0.1) is 0 Å². The van der Waals surface area contributed by atoms with Crippen LogP contribution in [0.25, 0.3) is 0 Å². The summed E-state index contributed by atoms with van der Waals surface area (Å²) in [7, 11) is 0. The van der Waals surface area contributed by atoms with E-state index in [-0.39, 0.29) is 11.9 Å². The molecule has 1 aromatic carbocycles. The van der Waals surface area contributed by atoms with Crippen LogP contribution in [0.5, 0.6) is 5.75 Å². The van der Waals surface area contributed by atoms with Gasteiger partial charge in [0, 0.05) is 17.5 Å². The highest BCUT2D eigenvalue weighted by atomic mass is 79.9. The average Bonchev–Trinajstić information content (AvgIpc) is 2.38. The summed E-state index contributed by atoms with van der Waals surface area (Å²) in [5.74, 6) is 0.498. The molecule has 1 saturated heterocycles. The number of ether oxygens (including phenoxy) is 2. The molecule has 94 valence electrons. The molecule has 0 radical (unpaired) electrons. The third-order valence-corrected chi connectivity index (χ3v) is 3.47. The first-order valence-corrected chi connectivity index (χ1v) is 7.00. The van der Waals surface area contributed by atoms with Crippen molar-refractivity contribution in [2.75, 3.05) is 13.2 Å². The van der Waals surface area contributed by atoms with E-state index in [1.807, 2.05) is 0 Å². The van der Waals surface area contributed by atoms with Crippen LogP contribution in [0, 0.1) is 5.82 Å². The maximum absolute atomic E-state index is 13.0. The van der Waals surface area contributed by atoms with Crippen LogP contribution in [0.3, 0.4) is 0 Å². The lowest BCUT2D eigenvalue weighted by molar-refractivity contribution is -0.0112. The molecule has 0 saturated carbocycles. The zero-order valence-electron chi connectivity index (χ0n) is 9.62. The Bertz CT molecular complexity index is 364. The number of hydrogen-bond acceptors (Lipinski definition) is 2. The predicted octanol–water partition coefficient (Wildman–Crippen LogP) is 3.67.